The van der Waals surface area contributed by atoms with Gasteiger partial charge in [-0.1, -0.05) is 18.2 Å². The van der Waals surface area contributed by atoms with E-state index < -0.39 is 0 Å². The minimum absolute atomic E-state index is 0.0280. The second-order valence-corrected chi connectivity index (χ2v) is 5.12. The molecule has 0 aromatic heterocycles. The zero-order chi connectivity index (χ0) is 12.5. The van der Waals surface area contributed by atoms with Crippen molar-refractivity contribution in [3.8, 4) is 5.75 Å². The van der Waals surface area contributed by atoms with Crippen LogP contribution in [0.25, 0.3) is 0 Å². The minimum Gasteiger partial charge on any atom is -0.492 e. The molecule has 18 heavy (non-hydrogen) atoms. The van der Waals surface area contributed by atoms with Crippen LogP contribution >= 0.6 is 0 Å². The summed E-state index contributed by atoms with van der Waals surface area (Å²) in [6.07, 6.45) is 0.281. The van der Waals surface area contributed by atoms with E-state index >= 15 is 0 Å². The van der Waals surface area contributed by atoms with Gasteiger partial charge in [0.15, 0.2) is 0 Å². The number of nitrogens with two attached hydrogens (primary N) is 1. The normalized spacial score (nSPS) is 32.7. The van der Waals surface area contributed by atoms with Gasteiger partial charge in [-0.15, -0.1) is 0 Å². The summed E-state index contributed by atoms with van der Waals surface area (Å²) in [5, 5.41) is 0. The van der Waals surface area contributed by atoms with E-state index in [0.29, 0.717) is 6.61 Å². The van der Waals surface area contributed by atoms with Crippen molar-refractivity contribution >= 4 is 0 Å². The van der Waals surface area contributed by atoms with Gasteiger partial charge < -0.3 is 15.2 Å². The van der Waals surface area contributed by atoms with Crippen molar-refractivity contribution in [2.24, 2.45) is 5.73 Å². The molecule has 3 atom stereocenters. The molecule has 4 heteroatoms. The summed E-state index contributed by atoms with van der Waals surface area (Å²) in [7, 11) is 0. The van der Waals surface area contributed by atoms with Crippen molar-refractivity contribution in [2.45, 2.75) is 25.1 Å². The van der Waals surface area contributed by atoms with E-state index in [1.54, 1.807) is 0 Å². The summed E-state index contributed by atoms with van der Waals surface area (Å²) in [6.45, 7) is 5.43. The van der Waals surface area contributed by atoms with Crippen LogP contribution in [0.4, 0.5) is 0 Å². The molecular weight excluding hydrogens is 228 g/mol. The lowest BCUT2D eigenvalue weighted by Gasteiger charge is -2.42. The Morgan fingerprint density at radius 1 is 1.33 bits per heavy atom. The lowest BCUT2D eigenvalue weighted by molar-refractivity contribution is -0.0478. The fourth-order valence-corrected chi connectivity index (χ4v) is 2.85. The fourth-order valence-electron chi connectivity index (χ4n) is 2.85. The zero-order valence-electron chi connectivity index (χ0n) is 10.7. The molecule has 0 spiro atoms. The molecule has 4 nitrogen and oxygen atoms in total. The predicted molar refractivity (Wildman–Crippen MR) is 69.6 cm³/mol. The number of hydrogen-bond donors (Lipinski definition) is 1. The molecule has 1 aromatic rings. The minimum atomic E-state index is 0.0280. The molecule has 0 unspecified atom stereocenters. The molecular formula is C14H20N2O2. The molecule has 2 aliphatic rings. The Kier molecular flexibility index (Phi) is 3.24. The molecule has 0 bridgehead atoms. The van der Waals surface area contributed by atoms with Crippen LogP contribution in [-0.4, -0.2) is 43.3 Å². The lowest BCUT2D eigenvalue weighted by atomic mass is 9.95. The number of ether oxygens (including phenoxy) is 2. The number of para-hydroxylation sites is 1. The second-order valence-electron chi connectivity index (χ2n) is 5.12. The Morgan fingerprint density at radius 3 is 3.00 bits per heavy atom. The van der Waals surface area contributed by atoms with E-state index in [9.17, 15) is 0 Å². The molecule has 0 aliphatic carbocycles. The van der Waals surface area contributed by atoms with Gasteiger partial charge >= 0.3 is 0 Å². The van der Waals surface area contributed by atoms with Gasteiger partial charge in [-0.2, -0.15) is 0 Å². The molecule has 3 rings (SSSR count). The Labute approximate surface area is 108 Å². The van der Waals surface area contributed by atoms with Crippen molar-refractivity contribution in [2.75, 3.05) is 26.3 Å². The average molecular weight is 248 g/mol. The Morgan fingerprint density at radius 2 is 2.17 bits per heavy atom. The van der Waals surface area contributed by atoms with Gasteiger partial charge in [0.1, 0.15) is 12.4 Å². The van der Waals surface area contributed by atoms with Gasteiger partial charge in [0.05, 0.1) is 24.8 Å². The Balaban J connectivity index is 1.79. The average Bonchev–Trinajstić information content (AvgIpc) is 2.39. The van der Waals surface area contributed by atoms with Gasteiger partial charge in [-0.3, -0.25) is 4.90 Å². The van der Waals surface area contributed by atoms with Crippen LogP contribution in [0, 0.1) is 0 Å². The van der Waals surface area contributed by atoms with Crippen molar-refractivity contribution in [1.82, 2.24) is 4.90 Å². The Bertz CT molecular complexity index is 424. The van der Waals surface area contributed by atoms with Crippen LogP contribution in [0.1, 0.15) is 18.5 Å². The third kappa shape index (κ3) is 2.11. The number of hydrogen-bond acceptors (Lipinski definition) is 4. The van der Waals surface area contributed by atoms with E-state index in [-0.39, 0.29) is 18.2 Å². The molecule has 0 amide bonds. The topological polar surface area (TPSA) is 47.7 Å². The van der Waals surface area contributed by atoms with E-state index in [1.165, 1.54) is 0 Å². The van der Waals surface area contributed by atoms with Crippen LogP contribution in [0.3, 0.4) is 0 Å². The first-order valence-corrected chi connectivity index (χ1v) is 6.58. The fraction of sp³-hybridized carbons (Fsp3) is 0.571. The van der Waals surface area contributed by atoms with Crippen LogP contribution in [0.15, 0.2) is 24.3 Å². The van der Waals surface area contributed by atoms with Gasteiger partial charge in [0.2, 0.25) is 0 Å². The number of morpholine rings is 1. The number of rotatable bonds is 1. The highest BCUT2D eigenvalue weighted by atomic mass is 16.5. The van der Waals surface area contributed by atoms with E-state index in [1.807, 2.05) is 18.2 Å². The summed E-state index contributed by atoms with van der Waals surface area (Å²) in [4.78, 5) is 2.40. The monoisotopic (exact) mass is 248 g/mol. The van der Waals surface area contributed by atoms with E-state index in [2.05, 4.69) is 17.9 Å². The van der Waals surface area contributed by atoms with E-state index in [0.717, 1.165) is 31.0 Å². The largest absolute Gasteiger partial charge is 0.492 e. The van der Waals surface area contributed by atoms with Crippen molar-refractivity contribution in [3.63, 3.8) is 0 Å². The molecule has 0 saturated carbocycles. The van der Waals surface area contributed by atoms with Crippen LogP contribution in [0.2, 0.25) is 0 Å². The van der Waals surface area contributed by atoms with Crippen LogP contribution in [0.5, 0.6) is 5.75 Å². The summed E-state index contributed by atoms with van der Waals surface area (Å²) in [5.41, 5.74) is 7.52. The first-order valence-electron chi connectivity index (χ1n) is 6.58. The standard InChI is InChI=1S/C14H20N2O2/c1-10-8-16(6-7-17-10)12-9-18-13-5-3-2-4-11(13)14(12)15/h2-5,10,12,14H,6-9,15H2,1H3/t10-,12+,14+/m1/s1. The highest BCUT2D eigenvalue weighted by molar-refractivity contribution is 5.38. The number of fused-ring (bicyclic) bond motifs is 1. The zero-order valence-corrected chi connectivity index (χ0v) is 10.7. The predicted octanol–water partition coefficient (Wildman–Crippen LogP) is 1.17. The van der Waals surface area contributed by atoms with Crippen molar-refractivity contribution < 1.29 is 9.47 Å². The van der Waals surface area contributed by atoms with Crippen LogP contribution < -0.4 is 10.5 Å². The smallest absolute Gasteiger partial charge is 0.124 e. The molecule has 1 fully saturated rings. The summed E-state index contributed by atoms with van der Waals surface area (Å²) >= 11 is 0. The number of nitrogens with zero attached hydrogens (tertiary/aromatic N) is 1. The molecule has 98 valence electrons. The molecule has 1 aromatic carbocycles. The molecule has 0 radical (unpaired) electrons. The summed E-state index contributed by atoms with van der Waals surface area (Å²) in [6, 6.07) is 8.35. The summed E-state index contributed by atoms with van der Waals surface area (Å²) in [5.74, 6) is 0.933. The third-order valence-corrected chi connectivity index (χ3v) is 3.84. The maximum absolute atomic E-state index is 6.40. The number of benzene rings is 1. The van der Waals surface area contributed by atoms with Crippen LogP contribution in [-0.2, 0) is 4.74 Å². The van der Waals surface area contributed by atoms with E-state index in [4.69, 9.17) is 15.2 Å². The molecule has 1 saturated heterocycles. The van der Waals surface area contributed by atoms with Gasteiger partial charge in [-0.05, 0) is 13.0 Å². The highest BCUT2D eigenvalue weighted by Gasteiger charge is 2.34. The maximum atomic E-state index is 6.40. The lowest BCUT2D eigenvalue weighted by Crippen LogP contribution is -2.54. The summed E-state index contributed by atoms with van der Waals surface area (Å²) < 4.78 is 11.4. The van der Waals surface area contributed by atoms with Crippen molar-refractivity contribution in [1.29, 1.82) is 0 Å². The highest BCUT2D eigenvalue weighted by Crippen LogP contribution is 2.32. The SMILES string of the molecule is C[C@@H]1CN([C@H]2COc3ccccc3[C@@H]2N)CCO1. The van der Waals surface area contributed by atoms with Gasteiger partial charge in [0, 0.05) is 18.7 Å². The van der Waals surface area contributed by atoms with Gasteiger partial charge in [0.25, 0.3) is 0 Å². The quantitative estimate of drug-likeness (QED) is 0.810. The third-order valence-electron chi connectivity index (χ3n) is 3.84. The molecule has 2 heterocycles. The Hall–Kier alpha value is -1.10. The van der Waals surface area contributed by atoms with Gasteiger partial charge in [-0.25, -0.2) is 0 Å². The first kappa shape index (κ1) is 12.0. The van der Waals surface area contributed by atoms with Crippen molar-refractivity contribution in [3.05, 3.63) is 29.8 Å². The first-order chi connectivity index (χ1) is 8.75. The molecule has 2 N–H and O–H groups in total. The second kappa shape index (κ2) is 4.88. The molecule has 2 aliphatic heterocycles. The maximum Gasteiger partial charge on any atom is 0.124 e.